The SMILES string of the molecule is COc1cc2c(cc1OC)C(c1ccccc1Cl)N(C(=O)Cc1cccs1)CC2. The molecular formula is C23H22ClNO3S. The molecule has 3 aromatic rings. The van der Waals surface area contributed by atoms with E-state index in [-0.39, 0.29) is 11.9 Å². The predicted molar refractivity (Wildman–Crippen MR) is 116 cm³/mol. The van der Waals surface area contributed by atoms with Gasteiger partial charge in [0.15, 0.2) is 11.5 Å². The van der Waals surface area contributed by atoms with Gasteiger partial charge in [0.2, 0.25) is 5.91 Å². The molecule has 1 aromatic heterocycles. The summed E-state index contributed by atoms with van der Waals surface area (Å²) in [7, 11) is 3.26. The Bertz CT molecular complexity index is 1020. The number of thiophene rings is 1. The zero-order valence-electron chi connectivity index (χ0n) is 16.4. The summed E-state index contributed by atoms with van der Waals surface area (Å²) in [5.41, 5.74) is 3.09. The monoisotopic (exact) mass is 427 g/mol. The van der Waals surface area contributed by atoms with E-state index in [0.29, 0.717) is 29.5 Å². The number of halogens is 1. The number of methoxy groups -OCH3 is 2. The fourth-order valence-electron chi connectivity index (χ4n) is 3.91. The van der Waals surface area contributed by atoms with Crippen LogP contribution in [0.4, 0.5) is 0 Å². The highest BCUT2D eigenvalue weighted by Gasteiger charge is 2.34. The first-order valence-electron chi connectivity index (χ1n) is 9.43. The molecule has 1 unspecified atom stereocenters. The van der Waals surface area contributed by atoms with Gasteiger partial charge in [-0.2, -0.15) is 0 Å². The lowest BCUT2D eigenvalue weighted by Crippen LogP contribution is -2.41. The first-order chi connectivity index (χ1) is 14.1. The van der Waals surface area contributed by atoms with E-state index in [4.69, 9.17) is 21.1 Å². The lowest BCUT2D eigenvalue weighted by atomic mass is 9.87. The molecule has 4 nitrogen and oxygen atoms in total. The van der Waals surface area contributed by atoms with Crippen LogP contribution in [0.5, 0.6) is 11.5 Å². The highest BCUT2D eigenvalue weighted by atomic mass is 35.5. The molecule has 2 aromatic carbocycles. The summed E-state index contributed by atoms with van der Waals surface area (Å²) in [6.07, 6.45) is 1.15. The first-order valence-corrected chi connectivity index (χ1v) is 10.7. The Morgan fingerprint density at radius 1 is 1.10 bits per heavy atom. The maximum atomic E-state index is 13.3. The third-order valence-corrected chi connectivity index (χ3v) is 6.52. The van der Waals surface area contributed by atoms with E-state index in [1.165, 1.54) is 0 Å². The van der Waals surface area contributed by atoms with Crippen molar-refractivity contribution < 1.29 is 14.3 Å². The Hall–Kier alpha value is -2.50. The third kappa shape index (κ3) is 3.85. The van der Waals surface area contributed by atoms with Crippen LogP contribution in [-0.2, 0) is 17.6 Å². The summed E-state index contributed by atoms with van der Waals surface area (Å²) < 4.78 is 11.0. The molecule has 0 bridgehead atoms. The van der Waals surface area contributed by atoms with Crippen molar-refractivity contribution in [3.8, 4) is 11.5 Å². The van der Waals surface area contributed by atoms with Crippen LogP contribution in [0.2, 0.25) is 5.02 Å². The molecule has 0 radical (unpaired) electrons. The molecule has 1 aliphatic heterocycles. The van der Waals surface area contributed by atoms with E-state index < -0.39 is 0 Å². The number of carbonyl (C=O) groups excluding carboxylic acids is 1. The maximum absolute atomic E-state index is 13.3. The van der Waals surface area contributed by atoms with Gasteiger partial charge in [0.05, 0.1) is 26.7 Å². The lowest BCUT2D eigenvalue weighted by Gasteiger charge is -2.38. The van der Waals surface area contributed by atoms with Crippen LogP contribution in [0, 0.1) is 0 Å². The Labute approximate surface area is 179 Å². The molecule has 1 aliphatic rings. The third-order valence-electron chi connectivity index (χ3n) is 5.30. The number of ether oxygens (including phenoxy) is 2. The highest BCUT2D eigenvalue weighted by Crippen LogP contribution is 2.42. The Kier molecular flexibility index (Phi) is 5.79. The summed E-state index contributed by atoms with van der Waals surface area (Å²) in [6, 6.07) is 15.4. The minimum absolute atomic E-state index is 0.0952. The molecule has 1 atom stereocenters. The number of amides is 1. The van der Waals surface area contributed by atoms with Crippen molar-refractivity contribution in [3.05, 3.63) is 80.5 Å². The van der Waals surface area contributed by atoms with Gasteiger partial charge in [-0.15, -0.1) is 11.3 Å². The van der Waals surface area contributed by atoms with Gasteiger partial charge in [-0.3, -0.25) is 4.79 Å². The van der Waals surface area contributed by atoms with E-state index in [9.17, 15) is 4.79 Å². The first kappa shape index (κ1) is 19.8. The van der Waals surface area contributed by atoms with Crippen LogP contribution in [0.3, 0.4) is 0 Å². The molecule has 6 heteroatoms. The van der Waals surface area contributed by atoms with Gasteiger partial charge >= 0.3 is 0 Å². The van der Waals surface area contributed by atoms with Crippen LogP contribution in [0.25, 0.3) is 0 Å². The number of hydrogen-bond donors (Lipinski definition) is 0. The van der Waals surface area contributed by atoms with E-state index in [1.54, 1.807) is 25.6 Å². The van der Waals surface area contributed by atoms with Gasteiger partial charge in [-0.05, 0) is 52.8 Å². The van der Waals surface area contributed by atoms with Gasteiger partial charge in [0.1, 0.15) is 0 Å². The molecular weight excluding hydrogens is 406 g/mol. The van der Waals surface area contributed by atoms with Crippen LogP contribution < -0.4 is 9.47 Å². The zero-order valence-corrected chi connectivity index (χ0v) is 17.9. The van der Waals surface area contributed by atoms with Crippen LogP contribution in [0.1, 0.15) is 27.6 Å². The van der Waals surface area contributed by atoms with Crippen LogP contribution in [0.15, 0.2) is 53.9 Å². The predicted octanol–water partition coefficient (Wildman–Crippen LogP) is 5.14. The van der Waals surface area contributed by atoms with Crippen molar-refractivity contribution in [2.75, 3.05) is 20.8 Å². The average molecular weight is 428 g/mol. The fourth-order valence-corrected chi connectivity index (χ4v) is 4.85. The van der Waals surface area contributed by atoms with E-state index in [2.05, 4.69) is 0 Å². The van der Waals surface area contributed by atoms with Crippen molar-refractivity contribution in [2.45, 2.75) is 18.9 Å². The van der Waals surface area contributed by atoms with Gasteiger partial charge in [-0.1, -0.05) is 35.9 Å². The van der Waals surface area contributed by atoms with Crippen molar-refractivity contribution in [2.24, 2.45) is 0 Å². The number of benzene rings is 2. The number of fused-ring (bicyclic) bond motifs is 1. The van der Waals surface area contributed by atoms with Crippen molar-refractivity contribution >= 4 is 28.8 Å². The summed E-state index contributed by atoms with van der Waals surface area (Å²) in [5.74, 6) is 1.44. The second kappa shape index (κ2) is 8.47. The van der Waals surface area contributed by atoms with E-state index in [1.807, 2.05) is 58.8 Å². The molecule has 1 amide bonds. The molecule has 0 spiro atoms. The highest BCUT2D eigenvalue weighted by molar-refractivity contribution is 7.10. The summed E-state index contributed by atoms with van der Waals surface area (Å²) in [6.45, 7) is 0.628. The topological polar surface area (TPSA) is 38.8 Å². The van der Waals surface area contributed by atoms with Gasteiger partial charge in [-0.25, -0.2) is 0 Å². The van der Waals surface area contributed by atoms with Crippen molar-refractivity contribution in [3.63, 3.8) is 0 Å². The van der Waals surface area contributed by atoms with Gasteiger partial charge < -0.3 is 14.4 Å². The van der Waals surface area contributed by atoms with E-state index >= 15 is 0 Å². The minimum atomic E-state index is -0.264. The Morgan fingerprint density at radius 3 is 2.55 bits per heavy atom. The lowest BCUT2D eigenvalue weighted by molar-refractivity contribution is -0.132. The quantitative estimate of drug-likeness (QED) is 0.566. The van der Waals surface area contributed by atoms with Gasteiger partial charge in [0.25, 0.3) is 0 Å². The second-order valence-corrected chi connectivity index (χ2v) is 8.36. The molecule has 2 heterocycles. The number of carbonyl (C=O) groups is 1. The summed E-state index contributed by atoms with van der Waals surface area (Å²) >= 11 is 8.18. The number of hydrogen-bond acceptors (Lipinski definition) is 4. The number of nitrogens with zero attached hydrogens (tertiary/aromatic N) is 1. The molecule has 0 saturated carbocycles. The molecule has 0 N–H and O–H groups in total. The normalized spacial score (nSPS) is 15.7. The molecule has 0 saturated heterocycles. The largest absolute Gasteiger partial charge is 0.493 e. The maximum Gasteiger partial charge on any atom is 0.228 e. The zero-order chi connectivity index (χ0) is 20.4. The molecule has 4 rings (SSSR count). The average Bonchev–Trinajstić information content (AvgIpc) is 3.25. The van der Waals surface area contributed by atoms with Crippen LogP contribution >= 0.6 is 22.9 Å². The molecule has 29 heavy (non-hydrogen) atoms. The Balaban J connectivity index is 1.81. The standard InChI is InChI=1S/C23H22ClNO3S/c1-27-20-12-15-9-10-25(22(26)13-16-6-5-11-29-16)23(18(15)14-21(20)28-2)17-7-3-4-8-19(17)24/h3-8,11-12,14,23H,9-10,13H2,1-2H3. The van der Waals surface area contributed by atoms with Crippen molar-refractivity contribution in [1.82, 2.24) is 4.90 Å². The summed E-state index contributed by atoms with van der Waals surface area (Å²) in [5, 5.41) is 2.64. The molecule has 150 valence electrons. The van der Waals surface area contributed by atoms with E-state index in [0.717, 1.165) is 28.0 Å². The fraction of sp³-hybridized carbons (Fsp3) is 0.261. The van der Waals surface area contributed by atoms with Crippen molar-refractivity contribution in [1.29, 1.82) is 0 Å². The Morgan fingerprint density at radius 2 is 1.86 bits per heavy atom. The second-order valence-electron chi connectivity index (χ2n) is 6.92. The summed E-state index contributed by atoms with van der Waals surface area (Å²) in [4.78, 5) is 16.3. The molecule has 0 aliphatic carbocycles. The number of rotatable bonds is 5. The molecule has 0 fully saturated rings. The van der Waals surface area contributed by atoms with Gasteiger partial charge in [0, 0.05) is 16.4 Å². The smallest absolute Gasteiger partial charge is 0.228 e. The van der Waals surface area contributed by atoms with Crippen LogP contribution in [-0.4, -0.2) is 31.6 Å². The minimum Gasteiger partial charge on any atom is -0.493 e.